The smallest absolute Gasteiger partial charge is 0.489 e. The Morgan fingerprint density at radius 3 is 2.47 bits per heavy atom. The molecule has 1 aromatic heterocycles. The minimum atomic E-state index is -5.22. The summed E-state index contributed by atoms with van der Waals surface area (Å²) in [6, 6.07) is 4.25. The van der Waals surface area contributed by atoms with E-state index in [1.54, 1.807) is 0 Å². The van der Waals surface area contributed by atoms with Crippen molar-refractivity contribution in [1.82, 2.24) is 4.98 Å². The molecule has 4 rings (SSSR count). The SMILES string of the molecule is C[C@]1(C(N)=O)COc2c1cc(C(O)(CN)C(F)(F)F)nc2-c1ccc2c(c1)OC(F)(F)O2. The van der Waals surface area contributed by atoms with Gasteiger partial charge in [0.2, 0.25) is 11.5 Å². The van der Waals surface area contributed by atoms with Crippen molar-refractivity contribution in [3.05, 3.63) is 35.5 Å². The first-order chi connectivity index (χ1) is 14.7. The van der Waals surface area contributed by atoms with Gasteiger partial charge in [-0.3, -0.25) is 4.79 Å². The first-order valence-corrected chi connectivity index (χ1v) is 9.10. The van der Waals surface area contributed by atoms with Crippen LogP contribution in [0.15, 0.2) is 24.3 Å². The Morgan fingerprint density at radius 1 is 1.22 bits per heavy atom. The van der Waals surface area contributed by atoms with Crippen LogP contribution in [0.1, 0.15) is 18.2 Å². The van der Waals surface area contributed by atoms with E-state index in [-0.39, 0.29) is 34.9 Å². The van der Waals surface area contributed by atoms with Crippen molar-refractivity contribution in [2.75, 3.05) is 13.2 Å². The molecule has 0 spiro atoms. The van der Waals surface area contributed by atoms with Crippen LogP contribution in [0.25, 0.3) is 11.3 Å². The normalized spacial score (nSPS) is 22.8. The van der Waals surface area contributed by atoms with Crippen LogP contribution < -0.4 is 25.7 Å². The number of carbonyl (C=O) groups excluding carboxylic acids is 1. The predicted molar refractivity (Wildman–Crippen MR) is 96.9 cm³/mol. The number of benzene rings is 1. The highest BCUT2D eigenvalue weighted by molar-refractivity contribution is 5.90. The maximum atomic E-state index is 13.7. The standard InChI is InChI=1S/C19H16F5N3O5/c1-16(15(26)28)7-30-14-9(16)5-12(17(29,6-25)18(20,21)22)27-13(14)8-2-3-10-11(4-8)32-19(23,24)31-10/h2-5,29H,6-7,25H2,1H3,(H2,26,28)/t16-,17?/m0/s1. The quantitative estimate of drug-likeness (QED) is 0.593. The lowest BCUT2D eigenvalue weighted by molar-refractivity contribution is -0.286. The van der Waals surface area contributed by atoms with Crippen LogP contribution in [0, 0.1) is 0 Å². The summed E-state index contributed by atoms with van der Waals surface area (Å²) in [5, 5.41) is 10.3. The largest absolute Gasteiger partial charge is 0.586 e. The van der Waals surface area contributed by atoms with Crippen LogP contribution >= 0.6 is 0 Å². The Hall–Kier alpha value is -3.19. The molecule has 1 amide bonds. The van der Waals surface area contributed by atoms with E-state index in [1.807, 2.05) is 0 Å². The molecule has 32 heavy (non-hydrogen) atoms. The van der Waals surface area contributed by atoms with Gasteiger partial charge in [0.05, 0.1) is 5.69 Å². The maximum absolute atomic E-state index is 13.7. The molecule has 1 aromatic carbocycles. The number of carbonyl (C=O) groups is 1. The molecule has 0 bridgehead atoms. The van der Waals surface area contributed by atoms with Gasteiger partial charge in [-0.15, -0.1) is 8.78 Å². The van der Waals surface area contributed by atoms with Crippen LogP contribution in [0.2, 0.25) is 0 Å². The number of nitrogens with two attached hydrogens (primary N) is 2. The van der Waals surface area contributed by atoms with Gasteiger partial charge in [0.25, 0.3) is 0 Å². The second kappa shape index (κ2) is 6.65. The van der Waals surface area contributed by atoms with E-state index in [0.29, 0.717) is 0 Å². The van der Waals surface area contributed by atoms with E-state index >= 15 is 0 Å². The first kappa shape index (κ1) is 22.0. The summed E-state index contributed by atoms with van der Waals surface area (Å²) < 4.78 is 82.0. The number of amides is 1. The van der Waals surface area contributed by atoms with Gasteiger partial charge in [0.1, 0.15) is 23.5 Å². The number of hydrogen-bond acceptors (Lipinski definition) is 7. The van der Waals surface area contributed by atoms with Crippen molar-refractivity contribution < 1.29 is 46.1 Å². The third-order valence-electron chi connectivity index (χ3n) is 5.48. The molecule has 0 saturated carbocycles. The van der Waals surface area contributed by atoms with Gasteiger partial charge >= 0.3 is 12.5 Å². The molecule has 0 saturated heterocycles. The Bertz CT molecular complexity index is 1130. The molecule has 2 aliphatic rings. The van der Waals surface area contributed by atoms with Crippen LogP contribution in [0.5, 0.6) is 17.2 Å². The van der Waals surface area contributed by atoms with Crippen molar-refractivity contribution in [2.45, 2.75) is 30.4 Å². The lowest BCUT2D eigenvalue weighted by atomic mass is 9.82. The molecule has 1 unspecified atom stereocenters. The summed E-state index contributed by atoms with van der Waals surface area (Å²) in [6.45, 7) is -0.237. The number of fused-ring (bicyclic) bond motifs is 2. The predicted octanol–water partition coefficient (Wildman–Crippen LogP) is 1.91. The van der Waals surface area contributed by atoms with E-state index < -0.39 is 47.4 Å². The molecule has 5 N–H and O–H groups in total. The zero-order valence-corrected chi connectivity index (χ0v) is 16.3. The summed E-state index contributed by atoms with van der Waals surface area (Å²) in [5.74, 6) is -1.69. The number of halogens is 5. The first-order valence-electron chi connectivity index (χ1n) is 9.10. The van der Waals surface area contributed by atoms with Crippen molar-refractivity contribution in [1.29, 1.82) is 0 Å². The zero-order valence-electron chi connectivity index (χ0n) is 16.3. The molecule has 172 valence electrons. The molecule has 3 heterocycles. The van der Waals surface area contributed by atoms with E-state index in [9.17, 15) is 31.9 Å². The minimum Gasteiger partial charge on any atom is -0.489 e. The summed E-state index contributed by atoms with van der Waals surface area (Å²) in [4.78, 5) is 16.0. The third-order valence-corrected chi connectivity index (χ3v) is 5.48. The molecule has 13 heteroatoms. The van der Waals surface area contributed by atoms with Crippen LogP contribution in [-0.2, 0) is 15.8 Å². The zero-order chi connectivity index (χ0) is 23.7. The highest BCUT2D eigenvalue weighted by Crippen LogP contribution is 2.49. The summed E-state index contributed by atoms with van der Waals surface area (Å²) in [5.41, 5.74) is 4.32. The molecule has 0 fully saturated rings. The highest BCUT2D eigenvalue weighted by Gasteiger charge is 2.56. The summed E-state index contributed by atoms with van der Waals surface area (Å²) in [6.07, 6.45) is -9.14. The fourth-order valence-corrected chi connectivity index (χ4v) is 3.46. The molecule has 0 radical (unpaired) electrons. The molecule has 8 nitrogen and oxygen atoms in total. The lowest BCUT2D eigenvalue weighted by Gasteiger charge is -2.30. The average molecular weight is 461 g/mol. The fourth-order valence-electron chi connectivity index (χ4n) is 3.46. The van der Waals surface area contributed by atoms with Gasteiger partial charge in [-0.1, -0.05) is 0 Å². The maximum Gasteiger partial charge on any atom is 0.586 e. The Balaban J connectivity index is 1.97. The Kier molecular flexibility index (Phi) is 4.58. The Labute approximate surface area is 176 Å². The summed E-state index contributed by atoms with van der Waals surface area (Å²) in [7, 11) is 0. The number of hydrogen-bond donors (Lipinski definition) is 3. The van der Waals surface area contributed by atoms with E-state index in [1.165, 1.54) is 13.0 Å². The van der Waals surface area contributed by atoms with Crippen molar-refractivity contribution in [3.63, 3.8) is 0 Å². The number of alkyl halides is 5. The molecule has 2 atom stereocenters. The monoisotopic (exact) mass is 461 g/mol. The van der Waals surface area contributed by atoms with Gasteiger partial charge in [0, 0.05) is 17.7 Å². The minimum absolute atomic E-state index is 0.00147. The number of pyridine rings is 1. The number of primary amides is 1. The topological polar surface area (TPSA) is 130 Å². The van der Waals surface area contributed by atoms with Crippen molar-refractivity contribution in [2.24, 2.45) is 11.5 Å². The Morgan fingerprint density at radius 2 is 1.88 bits per heavy atom. The van der Waals surface area contributed by atoms with E-state index in [0.717, 1.165) is 18.2 Å². The van der Waals surface area contributed by atoms with Gasteiger partial charge in [-0.2, -0.15) is 13.2 Å². The fraction of sp³-hybridized carbons (Fsp3) is 0.368. The summed E-state index contributed by atoms with van der Waals surface area (Å²) >= 11 is 0. The van der Waals surface area contributed by atoms with Crippen LogP contribution in [0.4, 0.5) is 22.0 Å². The van der Waals surface area contributed by atoms with Gasteiger partial charge < -0.3 is 30.8 Å². The molecular formula is C19H16F5N3O5. The van der Waals surface area contributed by atoms with E-state index in [4.69, 9.17) is 16.2 Å². The lowest BCUT2D eigenvalue weighted by Crippen LogP contribution is -2.49. The second-order valence-corrected chi connectivity index (χ2v) is 7.61. The number of nitrogens with zero attached hydrogens (tertiary/aromatic N) is 1. The van der Waals surface area contributed by atoms with Crippen LogP contribution in [0.3, 0.4) is 0 Å². The molecule has 2 aromatic rings. The molecular weight excluding hydrogens is 445 g/mol. The van der Waals surface area contributed by atoms with Gasteiger partial charge in [-0.05, 0) is 31.2 Å². The average Bonchev–Trinajstić information content (AvgIpc) is 3.21. The second-order valence-electron chi connectivity index (χ2n) is 7.61. The number of aromatic nitrogens is 1. The third kappa shape index (κ3) is 3.11. The van der Waals surface area contributed by atoms with Crippen molar-refractivity contribution in [3.8, 4) is 28.5 Å². The number of aliphatic hydroxyl groups is 1. The number of rotatable bonds is 4. The van der Waals surface area contributed by atoms with E-state index in [2.05, 4.69) is 14.5 Å². The van der Waals surface area contributed by atoms with Gasteiger partial charge in [0.15, 0.2) is 11.5 Å². The van der Waals surface area contributed by atoms with Gasteiger partial charge in [-0.25, -0.2) is 4.98 Å². The number of ether oxygens (including phenoxy) is 3. The van der Waals surface area contributed by atoms with Crippen LogP contribution in [-0.4, -0.2) is 41.6 Å². The highest BCUT2D eigenvalue weighted by atomic mass is 19.4. The van der Waals surface area contributed by atoms with Crippen molar-refractivity contribution >= 4 is 5.91 Å². The molecule has 2 aliphatic heterocycles. The molecule has 0 aliphatic carbocycles.